The summed E-state index contributed by atoms with van der Waals surface area (Å²) in [5, 5.41) is 21.1. The summed E-state index contributed by atoms with van der Waals surface area (Å²) in [5.41, 5.74) is 5.69. The normalized spacial score (nSPS) is 13.7. The van der Waals surface area contributed by atoms with Gasteiger partial charge in [0.15, 0.2) is 0 Å². The van der Waals surface area contributed by atoms with Gasteiger partial charge in [-0.15, -0.1) is 0 Å². The fraction of sp³-hybridized carbons (Fsp3) is 0.261. The molecule has 4 rings (SSSR count). The Morgan fingerprint density at radius 3 is 2.25 bits per heavy atom. The molecule has 1 aliphatic heterocycles. The average molecular weight is 492 g/mol. The molecule has 13 heteroatoms. The number of benzene rings is 2. The Labute approximate surface area is 206 Å². The van der Waals surface area contributed by atoms with Crippen LogP contribution in [0.25, 0.3) is 0 Å². The molecule has 1 aromatic heterocycles. The zero-order valence-electron chi connectivity index (χ0n) is 19.8. The van der Waals surface area contributed by atoms with Crippen molar-refractivity contribution in [3.8, 4) is 0 Å². The number of carbonyl (C=O) groups excluding carboxylic acids is 1. The molecular formula is C23H25N9O4. The second-order valence-electron chi connectivity index (χ2n) is 7.88. The molecule has 0 saturated carbocycles. The molecule has 1 amide bonds. The van der Waals surface area contributed by atoms with Gasteiger partial charge < -0.3 is 20.3 Å². The number of aromatic nitrogens is 3. The Hall–Kier alpha value is -4.65. The maximum Gasteiger partial charge on any atom is 0.269 e. The average Bonchev–Trinajstić information content (AvgIpc) is 2.88. The quantitative estimate of drug-likeness (QED) is 0.243. The van der Waals surface area contributed by atoms with Crippen LogP contribution in [0, 0.1) is 10.1 Å². The summed E-state index contributed by atoms with van der Waals surface area (Å²) in [6.45, 7) is 5.67. The molecule has 1 fully saturated rings. The lowest BCUT2D eigenvalue weighted by Gasteiger charge is -2.27. The molecule has 0 atom stereocenters. The van der Waals surface area contributed by atoms with Crippen molar-refractivity contribution >= 4 is 46.5 Å². The second kappa shape index (κ2) is 11.2. The SMILES string of the molecule is CC(=O)Nc1ccc(C(C)=NNc2nc(Nc3ccc([N+](=O)[O-])cc3)nc(N3CCOCC3)n2)cc1. The molecule has 0 unspecified atom stereocenters. The predicted octanol–water partition coefficient (Wildman–Crippen LogP) is 3.15. The van der Waals surface area contributed by atoms with Gasteiger partial charge in [-0.2, -0.15) is 20.1 Å². The fourth-order valence-electron chi connectivity index (χ4n) is 3.37. The van der Waals surface area contributed by atoms with Crippen molar-refractivity contribution in [3.63, 3.8) is 0 Å². The minimum absolute atomic E-state index is 0.0116. The lowest BCUT2D eigenvalue weighted by atomic mass is 10.1. The van der Waals surface area contributed by atoms with Crippen molar-refractivity contribution in [2.45, 2.75) is 13.8 Å². The van der Waals surface area contributed by atoms with Gasteiger partial charge in [0, 0.05) is 43.5 Å². The van der Waals surface area contributed by atoms with Gasteiger partial charge in [0.2, 0.25) is 23.8 Å². The van der Waals surface area contributed by atoms with E-state index in [0.717, 1.165) is 5.56 Å². The third-order valence-corrected chi connectivity index (χ3v) is 5.20. The van der Waals surface area contributed by atoms with Gasteiger partial charge in [-0.25, -0.2) is 5.43 Å². The van der Waals surface area contributed by atoms with Crippen LogP contribution >= 0.6 is 0 Å². The van der Waals surface area contributed by atoms with Gasteiger partial charge in [-0.3, -0.25) is 14.9 Å². The number of morpholine rings is 1. The standard InChI is InChI=1S/C23H25N9O4/c1-15(17-3-5-18(6-4-17)24-16(2)33)29-30-22-26-21(25-19-7-9-20(10-8-19)32(34)35)27-23(28-22)31-11-13-36-14-12-31/h3-10H,11-14H2,1-2H3,(H,24,33)(H2,25,26,27,28,30). The predicted molar refractivity (Wildman–Crippen MR) is 136 cm³/mol. The third kappa shape index (κ3) is 6.48. The first kappa shape index (κ1) is 24.5. The summed E-state index contributed by atoms with van der Waals surface area (Å²) in [6, 6.07) is 13.2. The Kier molecular flexibility index (Phi) is 7.60. The number of hydrazone groups is 1. The number of nitro benzene ring substituents is 1. The zero-order chi connectivity index (χ0) is 25.5. The number of nitrogens with one attached hydrogen (secondary N) is 3. The summed E-state index contributed by atoms with van der Waals surface area (Å²) in [6.07, 6.45) is 0. The van der Waals surface area contributed by atoms with E-state index >= 15 is 0 Å². The highest BCUT2D eigenvalue weighted by atomic mass is 16.6. The minimum atomic E-state index is -0.459. The minimum Gasteiger partial charge on any atom is -0.378 e. The summed E-state index contributed by atoms with van der Waals surface area (Å²) in [5.74, 6) is 0.798. The summed E-state index contributed by atoms with van der Waals surface area (Å²) in [4.78, 5) is 37.1. The molecule has 13 nitrogen and oxygen atoms in total. The van der Waals surface area contributed by atoms with E-state index in [1.54, 1.807) is 24.3 Å². The largest absolute Gasteiger partial charge is 0.378 e. The summed E-state index contributed by atoms with van der Waals surface area (Å²) in [7, 11) is 0. The molecule has 186 valence electrons. The molecule has 2 heterocycles. The Balaban J connectivity index is 1.55. The maximum atomic E-state index is 11.2. The fourth-order valence-corrected chi connectivity index (χ4v) is 3.37. The molecule has 2 aromatic carbocycles. The lowest BCUT2D eigenvalue weighted by Crippen LogP contribution is -2.37. The van der Waals surface area contributed by atoms with Gasteiger partial charge in [0.05, 0.1) is 23.8 Å². The van der Waals surface area contributed by atoms with Crippen LogP contribution in [0.4, 0.5) is 34.9 Å². The third-order valence-electron chi connectivity index (χ3n) is 5.20. The highest BCUT2D eigenvalue weighted by Gasteiger charge is 2.17. The molecule has 3 N–H and O–H groups in total. The summed E-state index contributed by atoms with van der Waals surface area (Å²) < 4.78 is 5.42. The number of non-ortho nitro benzene ring substituents is 1. The maximum absolute atomic E-state index is 11.2. The van der Waals surface area contributed by atoms with Crippen LogP contribution in [0.3, 0.4) is 0 Å². The highest BCUT2D eigenvalue weighted by Crippen LogP contribution is 2.21. The first-order chi connectivity index (χ1) is 17.4. The van der Waals surface area contributed by atoms with Crippen molar-refractivity contribution in [2.24, 2.45) is 5.10 Å². The summed E-state index contributed by atoms with van der Waals surface area (Å²) >= 11 is 0. The van der Waals surface area contributed by atoms with Crippen LogP contribution in [0.15, 0.2) is 53.6 Å². The molecule has 1 saturated heterocycles. The lowest BCUT2D eigenvalue weighted by molar-refractivity contribution is -0.384. The van der Waals surface area contributed by atoms with Gasteiger partial charge in [-0.05, 0) is 36.8 Å². The smallest absolute Gasteiger partial charge is 0.269 e. The van der Waals surface area contributed by atoms with E-state index in [2.05, 4.69) is 36.1 Å². The molecule has 0 bridgehead atoms. The number of nitro groups is 1. The van der Waals surface area contributed by atoms with E-state index in [4.69, 9.17) is 4.74 Å². The number of ether oxygens (including phenoxy) is 1. The number of rotatable bonds is 8. The van der Waals surface area contributed by atoms with Crippen molar-refractivity contribution in [1.29, 1.82) is 0 Å². The van der Waals surface area contributed by atoms with Crippen LogP contribution in [0.2, 0.25) is 0 Å². The van der Waals surface area contributed by atoms with Gasteiger partial charge >= 0.3 is 0 Å². The Bertz CT molecular complexity index is 1260. The number of carbonyl (C=O) groups is 1. The van der Waals surface area contributed by atoms with E-state index in [-0.39, 0.29) is 23.5 Å². The number of hydrogen-bond acceptors (Lipinski definition) is 11. The monoisotopic (exact) mass is 491 g/mol. The first-order valence-electron chi connectivity index (χ1n) is 11.2. The number of hydrogen-bond donors (Lipinski definition) is 3. The van der Waals surface area contributed by atoms with Crippen LogP contribution in [0.5, 0.6) is 0 Å². The molecule has 3 aromatic rings. The van der Waals surface area contributed by atoms with Gasteiger partial charge in [0.25, 0.3) is 5.69 Å². The van der Waals surface area contributed by atoms with Crippen molar-refractivity contribution in [1.82, 2.24) is 15.0 Å². The topological polar surface area (TPSA) is 160 Å². The number of anilines is 5. The molecule has 36 heavy (non-hydrogen) atoms. The Morgan fingerprint density at radius 2 is 1.61 bits per heavy atom. The van der Waals surface area contributed by atoms with E-state index in [0.29, 0.717) is 49.3 Å². The number of nitrogens with zero attached hydrogens (tertiary/aromatic N) is 6. The van der Waals surface area contributed by atoms with E-state index in [1.807, 2.05) is 24.0 Å². The number of amides is 1. The van der Waals surface area contributed by atoms with Gasteiger partial charge in [-0.1, -0.05) is 12.1 Å². The molecule has 0 spiro atoms. The van der Waals surface area contributed by atoms with E-state index in [9.17, 15) is 14.9 Å². The molecule has 1 aliphatic rings. The Morgan fingerprint density at radius 1 is 0.972 bits per heavy atom. The van der Waals surface area contributed by atoms with Crippen molar-refractivity contribution in [3.05, 3.63) is 64.2 Å². The molecular weight excluding hydrogens is 466 g/mol. The van der Waals surface area contributed by atoms with E-state index < -0.39 is 4.92 Å². The van der Waals surface area contributed by atoms with Crippen molar-refractivity contribution < 1.29 is 14.5 Å². The van der Waals surface area contributed by atoms with Gasteiger partial charge in [0.1, 0.15) is 0 Å². The first-order valence-corrected chi connectivity index (χ1v) is 11.2. The van der Waals surface area contributed by atoms with E-state index in [1.165, 1.54) is 19.1 Å². The van der Waals surface area contributed by atoms with Crippen LogP contribution in [-0.4, -0.2) is 57.8 Å². The zero-order valence-corrected chi connectivity index (χ0v) is 19.8. The second-order valence-corrected chi connectivity index (χ2v) is 7.88. The van der Waals surface area contributed by atoms with Crippen LogP contribution < -0.4 is 21.0 Å². The molecule has 0 aliphatic carbocycles. The molecule has 0 radical (unpaired) electrons. The highest BCUT2D eigenvalue weighted by molar-refractivity contribution is 5.99. The van der Waals surface area contributed by atoms with Crippen molar-refractivity contribution in [2.75, 3.05) is 47.3 Å². The van der Waals surface area contributed by atoms with Crippen LogP contribution in [-0.2, 0) is 9.53 Å². The van der Waals surface area contributed by atoms with Crippen LogP contribution in [0.1, 0.15) is 19.4 Å².